The molecule has 3 aromatic heterocycles. The van der Waals surface area contributed by atoms with Gasteiger partial charge in [-0.25, -0.2) is 0 Å². The molecule has 0 fully saturated rings. The predicted octanol–water partition coefficient (Wildman–Crippen LogP) is 10.6. The van der Waals surface area contributed by atoms with Gasteiger partial charge in [-0.1, -0.05) is 59.5 Å². The Hall–Kier alpha value is -3.83. The van der Waals surface area contributed by atoms with Crippen LogP contribution in [0.4, 0.5) is 0 Å². The molecule has 0 aliphatic carbocycles. The van der Waals surface area contributed by atoms with Crippen LogP contribution in [0.5, 0.6) is 0 Å². The largest absolute Gasteiger partial charge is 0.500 e. The minimum Gasteiger partial charge on any atom is -0.500 e. The minimum absolute atomic E-state index is 0. The average Bonchev–Trinajstić information content (AvgIpc) is 3.45. The van der Waals surface area contributed by atoms with E-state index in [-0.39, 0.29) is 25.7 Å². The van der Waals surface area contributed by atoms with Gasteiger partial charge in [0, 0.05) is 35.8 Å². The molecule has 3 nitrogen and oxygen atoms in total. The Morgan fingerprint density at radius 1 is 0.761 bits per heavy atom. The molecule has 0 bridgehead atoms. The van der Waals surface area contributed by atoms with Crippen molar-refractivity contribution in [3.05, 3.63) is 139 Å². The summed E-state index contributed by atoms with van der Waals surface area (Å²) in [4.78, 5) is 8.96. The van der Waals surface area contributed by atoms with Crippen molar-refractivity contribution in [2.24, 2.45) is 0 Å². The van der Waals surface area contributed by atoms with E-state index in [1.54, 1.807) is 12.1 Å². The van der Waals surface area contributed by atoms with Gasteiger partial charge in [0.2, 0.25) is 0 Å². The van der Waals surface area contributed by atoms with Crippen LogP contribution in [0.2, 0.25) is 17.3 Å². The molecule has 0 aliphatic heterocycles. The van der Waals surface area contributed by atoms with Gasteiger partial charge in [0.05, 0.1) is 5.58 Å². The van der Waals surface area contributed by atoms with Gasteiger partial charge in [0.1, 0.15) is 5.58 Å². The maximum atomic E-state index is 8.44. The summed E-state index contributed by atoms with van der Waals surface area (Å²) in [5, 5.41) is 1.95. The first-order valence-corrected chi connectivity index (χ1v) is 22.4. The Bertz CT molecular complexity index is 2240. The first-order valence-electron chi connectivity index (χ1n) is 17.1. The summed E-state index contributed by atoms with van der Waals surface area (Å²) in [7, 11) is 0. The molecular weight excluding hydrogens is 801 g/mol. The molecule has 7 aromatic rings. The molecule has 0 N–H and O–H groups in total. The molecule has 4 aromatic carbocycles. The summed E-state index contributed by atoms with van der Waals surface area (Å²) in [6.45, 7) is 1.74. The molecule has 46 heavy (non-hydrogen) atoms. The van der Waals surface area contributed by atoms with E-state index >= 15 is 0 Å². The Balaban J connectivity index is 0.000000204. The monoisotopic (exact) mass is 845 g/mol. The van der Waals surface area contributed by atoms with Gasteiger partial charge in [0.25, 0.3) is 0 Å². The molecule has 0 unspecified atom stereocenters. The Morgan fingerprint density at radius 2 is 1.54 bits per heavy atom. The fraction of sp³-hybridized carbons (Fsp3) is 0.171. The van der Waals surface area contributed by atoms with Crippen LogP contribution in [0.1, 0.15) is 36.4 Å². The molecule has 0 saturated heterocycles. The molecule has 5 heteroatoms. The summed E-state index contributed by atoms with van der Waals surface area (Å²) < 4.78 is 38.7. The SMILES string of the molecule is [2H]C(C)(C)c1cc(-c2[c-]cccc2)nc[c]1[Ge]([CH3])([CH3])[CH3].[2H]C([2H])([2H])c1ccnc(-c2[c-]cc3oc4cc(-c5ccccc5)ccc4c3c2)c1.[Ir]. The topological polar surface area (TPSA) is 38.9 Å². The molecular formula is C41H38GeIrN2O-2. The molecule has 1 radical (unpaired) electrons. The Morgan fingerprint density at radius 3 is 2.26 bits per heavy atom. The van der Waals surface area contributed by atoms with Gasteiger partial charge >= 0.3 is 120 Å². The van der Waals surface area contributed by atoms with Crippen molar-refractivity contribution < 1.29 is 30.0 Å². The fourth-order valence-corrected chi connectivity index (χ4v) is 8.74. The van der Waals surface area contributed by atoms with Crippen LogP contribution >= 0.6 is 0 Å². The third-order valence-corrected chi connectivity index (χ3v) is 12.0. The van der Waals surface area contributed by atoms with Gasteiger partial charge in [-0.05, 0) is 35.8 Å². The maximum absolute atomic E-state index is 8.44. The van der Waals surface area contributed by atoms with Crippen LogP contribution in [0.3, 0.4) is 0 Å². The number of aryl methyl sites for hydroxylation is 1. The number of pyridine rings is 2. The van der Waals surface area contributed by atoms with Crippen LogP contribution in [-0.4, -0.2) is 23.2 Å². The van der Waals surface area contributed by atoms with E-state index in [9.17, 15) is 0 Å². The zero-order valence-electron chi connectivity index (χ0n) is 30.6. The van der Waals surface area contributed by atoms with Crippen molar-refractivity contribution in [3.63, 3.8) is 0 Å². The van der Waals surface area contributed by atoms with Crippen LogP contribution in [-0.2, 0) is 20.1 Å². The molecule has 0 saturated carbocycles. The predicted molar refractivity (Wildman–Crippen MR) is 192 cm³/mol. The molecule has 7 rings (SSSR count). The summed E-state index contributed by atoms with van der Waals surface area (Å²) in [6.07, 6.45) is 3.52. The molecule has 0 atom stereocenters. The van der Waals surface area contributed by atoms with Gasteiger partial charge < -0.3 is 9.40 Å². The van der Waals surface area contributed by atoms with Crippen molar-refractivity contribution in [3.8, 4) is 33.6 Å². The number of hydrogen-bond donors (Lipinski definition) is 0. The summed E-state index contributed by atoms with van der Waals surface area (Å²) in [5.74, 6) is 6.45. The fourth-order valence-electron chi connectivity index (χ4n) is 5.42. The zero-order valence-corrected chi connectivity index (χ0v) is 31.1. The van der Waals surface area contributed by atoms with Gasteiger partial charge in [-0.15, -0.1) is 23.8 Å². The third kappa shape index (κ3) is 7.42. The van der Waals surface area contributed by atoms with Gasteiger partial charge in [0.15, 0.2) is 0 Å². The number of rotatable bonds is 5. The van der Waals surface area contributed by atoms with Crippen LogP contribution in [0, 0.1) is 19.0 Å². The van der Waals surface area contributed by atoms with Crippen molar-refractivity contribution in [2.45, 2.75) is 43.9 Å². The molecule has 3 heterocycles. The molecule has 0 spiro atoms. The molecule has 0 aliphatic rings. The van der Waals surface area contributed by atoms with Crippen LogP contribution in [0.15, 0.2) is 120 Å². The zero-order chi connectivity index (χ0) is 35.0. The van der Waals surface area contributed by atoms with E-state index in [1.807, 2.05) is 74.6 Å². The third-order valence-electron chi connectivity index (χ3n) is 7.78. The van der Waals surface area contributed by atoms with E-state index < -0.39 is 26.0 Å². The number of benzene rings is 4. The smallest absolute Gasteiger partial charge is 0.121 e. The number of furan rings is 1. The molecule has 233 valence electrons. The Labute approximate surface area is 294 Å². The first-order chi connectivity index (χ1) is 23.2. The average molecular weight is 844 g/mol. The second-order valence-electron chi connectivity index (χ2n) is 12.4. The quantitative estimate of drug-likeness (QED) is 0.128. The second kappa shape index (κ2) is 14.3. The summed E-state index contributed by atoms with van der Waals surface area (Å²) >= 11 is -2.03. The minimum atomic E-state index is -2.17. The Kier molecular flexibility index (Phi) is 8.83. The van der Waals surface area contributed by atoms with Crippen LogP contribution in [0.25, 0.3) is 55.6 Å². The maximum Gasteiger partial charge on any atom is 0.121 e. The van der Waals surface area contributed by atoms with Gasteiger partial charge in [-0.3, -0.25) is 0 Å². The normalized spacial score (nSPS) is 13.1. The second-order valence-corrected chi connectivity index (χ2v) is 22.9. The first kappa shape index (κ1) is 28.4. The number of nitrogens with zero attached hydrogens (tertiary/aromatic N) is 2. The van der Waals surface area contributed by atoms with Crippen molar-refractivity contribution >= 4 is 39.6 Å². The number of aromatic nitrogens is 2. The van der Waals surface area contributed by atoms with E-state index in [0.29, 0.717) is 5.69 Å². The standard InChI is InChI=1S/C24H16NO.C17H22GeN.Ir/c1-16-11-12-25-22(13-16)19-8-10-23-21(14-19)20-9-7-18(15-24(20)26-23)17-5-3-2-4-6-17;1-13(2)15-11-17(14-9-7-6-8-10-14)19-12-16(15)18(3,4)5;/h2-7,9-15H,1H3;6-9,11-13H,1-5H3;/q2*-1;/i1D3;13D;. The van der Waals surface area contributed by atoms with Crippen LogP contribution < -0.4 is 4.40 Å². The van der Waals surface area contributed by atoms with Crippen molar-refractivity contribution in [2.75, 3.05) is 0 Å². The van der Waals surface area contributed by atoms with E-state index in [2.05, 4.69) is 69.7 Å². The van der Waals surface area contributed by atoms with E-state index in [4.69, 9.17) is 9.90 Å². The number of fused-ring (bicyclic) bond motifs is 3. The summed E-state index contributed by atoms with van der Waals surface area (Å²) in [6, 6.07) is 39.5. The van der Waals surface area contributed by atoms with E-state index in [1.165, 1.54) is 16.7 Å². The van der Waals surface area contributed by atoms with Gasteiger partial charge in [-0.2, -0.15) is 0 Å². The van der Waals surface area contributed by atoms with Crippen molar-refractivity contribution in [1.29, 1.82) is 0 Å². The van der Waals surface area contributed by atoms with Crippen molar-refractivity contribution in [1.82, 2.24) is 9.97 Å². The summed E-state index contributed by atoms with van der Waals surface area (Å²) in [5.41, 5.74) is 8.36. The number of hydrogen-bond acceptors (Lipinski definition) is 3. The molecule has 0 amide bonds. The van der Waals surface area contributed by atoms with E-state index in [0.717, 1.165) is 55.4 Å².